The fraction of sp³-hybridized carbons (Fsp3) is 0.222. The maximum absolute atomic E-state index is 12.7. The van der Waals surface area contributed by atoms with Crippen molar-refractivity contribution in [2.24, 2.45) is 5.73 Å². The van der Waals surface area contributed by atoms with Crippen LogP contribution in [-0.2, 0) is 14.8 Å². The Balaban J connectivity index is 1.90. The number of anilines is 2. The molecule has 0 aromatic heterocycles. The number of benzene rings is 2. The summed E-state index contributed by atoms with van der Waals surface area (Å²) in [7, 11) is -3.60. The molecule has 2 aromatic carbocycles. The van der Waals surface area contributed by atoms with Crippen LogP contribution in [-0.4, -0.2) is 39.1 Å². The first-order valence-corrected chi connectivity index (χ1v) is 10.5. The number of hydrogen-bond donors (Lipinski definition) is 2. The molecule has 1 heterocycles. The summed E-state index contributed by atoms with van der Waals surface area (Å²) in [5.41, 5.74) is 6.01. The third kappa shape index (κ3) is 4.20. The van der Waals surface area contributed by atoms with E-state index in [0.29, 0.717) is 5.02 Å². The van der Waals surface area contributed by atoms with Gasteiger partial charge >= 0.3 is 0 Å². The first-order chi connectivity index (χ1) is 13.2. The number of ether oxygens (including phenoxy) is 1. The molecule has 0 bridgehead atoms. The minimum atomic E-state index is -3.60. The number of hydrogen-bond acceptors (Lipinski definition) is 5. The second kappa shape index (κ2) is 7.69. The molecule has 3 N–H and O–H groups in total. The Morgan fingerprint density at radius 3 is 2.64 bits per heavy atom. The van der Waals surface area contributed by atoms with Gasteiger partial charge in [0.25, 0.3) is 11.8 Å². The van der Waals surface area contributed by atoms with E-state index in [1.165, 1.54) is 18.2 Å². The summed E-state index contributed by atoms with van der Waals surface area (Å²) >= 11 is 6.00. The van der Waals surface area contributed by atoms with Gasteiger partial charge in [-0.15, -0.1) is 0 Å². The normalized spacial score (nSPS) is 16.5. The van der Waals surface area contributed by atoms with E-state index in [9.17, 15) is 18.0 Å². The van der Waals surface area contributed by atoms with E-state index in [1.54, 1.807) is 24.3 Å². The number of rotatable bonds is 4. The lowest BCUT2D eigenvalue weighted by Crippen LogP contribution is -2.36. The predicted molar refractivity (Wildman–Crippen MR) is 106 cm³/mol. The van der Waals surface area contributed by atoms with Gasteiger partial charge in [-0.3, -0.25) is 13.9 Å². The lowest BCUT2D eigenvalue weighted by molar-refractivity contribution is -0.122. The molecule has 1 atom stereocenters. The highest BCUT2D eigenvalue weighted by atomic mass is 35.5. The smallest absolute Gasteiger partial charge is 0.265 e. The third-order valence-corrected chi connectivity index (χ3v) is 5.61. The van der Waals surface area contributed by atoms with E-state index >= 15 is 0 Å². The average molecular weight is 424 g/mol. The van der Waals surface area contributed by atoms with Gasteiger partial charge in [-0.1, -0.05) is 23.7 Å². The summed E-state index contributed by atoms with van der Waals surface area (Å²) in [6.07, 6.45) is 0.193. The van der Waals surface area contributed by atoms with Crippen molar-refractivity contribution >= 4 is 44.8 Å². The second-order valence-corrected chi connectivity index (χ2v) is 8.58. The van der Waals surface area contributed by atoms with E-state index in [2.05, 4.69) is 5.32 Å². The molecule has 8 nitrogen and oxygen atoms in total. The van der Waals surface area contributed by atoms with Crippen molar-refractivity contribution < 1.29 is 22.7 Å². The lowest BCUT2D eigenvalue weighted by Gasteiger charge is -2.21. The number of carbonyl (C=O) groups is 2. The van der Waals surface area contributed by atoms with Crippen molar-refractivity contribution in [1.29, 1.82) is 0 Å². The predicted octanol–water partition coefficient (Wildman–Crippen LogP) is 1.99. The van der Waals surface area contributed by atoms with E-state index < -0.39 is 27.9 Å². The number of carbonyl (C=O) groups excluding carboxylic acids is 2. The Morgan fingerprint density at radius 2 is 1.96 bits per heavy atom. The number of nitrogens with one attached hydrogen (secondary N) is 1. The number of sulfonamides is 1. The van der Waals surface area contributed by atoms with Crippen molar-refractivity contribution in [3.05, 3.63) is 53.1 Å². The molecule has 10 heteroatoms. The van der Waals surface area contributed by atoms with Crippen molar-refractivity contribution in [1.82, 2.24) is 0 Å². The summed E-state index contributed by atoms with van der Waals surface area (Å²) in [6.45, 7) is 0.0295. The monoisotopic (exact) mass is 423 g/mol. The summed E-state index contributed by atoms with van der Waals surface area (Å²) in [4.78, 5) is 24.3. The van der Waals surface area contributed by atoms with Crippen molar-refractivity contribution in [2.75, 3.05) is 22.4 Å². The Kier molecular flexibility index (Phi) is 5.48. The fourth-order valence-corrected chi connectivity index (χ4v) is 4.00. The fourth-order valence-electron chi connectivity index (χ4n) is 2.90. The molecule has 0 aliphatic carbocycles. The molecule has 0 radical (unpaired) electrons. The van der Waals surface area contributed by atoms with Gasteiger partial charge in [0.1, 0.15) is 5.75 Å². The molecule has 0 saturated heterocycles. The minimum Gasteiger partial charge on any atom is -0.478 e. The lowest BCUT2D eigenvalue weighted by atomic mass is 10.1. The SMILES string of the molecule is CS(=O)(=O)N1CC[C@H](C(=O)Nc2ccccc2C(N)=O)Oc2ccc(Cl)cc21. The number of primary amides is 1. The molecule has 0 fully saturated rings. The van der Waals surface area contributed by atoms with Crippen LogP contribution in [0, 0.1) is 0 Å². The van der Waals surface area contributed by atoms with Gasteiger partial charge in [-0.2, -0.15) is 0 Å². The standard InChI is InChI=1S/C18H18ClN3O5S/c1-28(25,26)22-9-8-16(27-15-7-6-11(19)10-14(15)22)18(24)21-13-5-3-2-4-12(13)17(20)23/h2-7,10,16H,8-9H2,1H3,(H2,20,23)(H,21,24)/t16-/m1/s1. The molecule has 0 spiro atoms. The molecule has 2 aromatic rings. The Labute approximate surface area is 167 Å². The van der Waals surface area contributed by atoms with Crippen LogP contribution in [0.5, 0.6) is 5.75 Å². The van der Waals surface area contributed by atoms with Gasteiger partial charge in [-0.25, -0.2) is 8.42 Å². The van der Waals surface area contributed by atoms with Gasteiger partial charge in [0.2, 0.25) is 10.0 Å². The summed E-state index contributed by atoms with van der Waals surface area (Å²) in [5, 5.41) is 2.97. The zero-order valence-electron chi connectivity index (χ0n) is 14.9. The topological polar surface area (TPSA) is 119 Å². The quantitative estimate of drug-likeness (QED) is 0.779. The number of halogens is 1. The molecule has 0 unspecified atom stereocenters. The highest BCUT2D eigenvalue weighted by Crippen LogP contribution is 2.36. The Hall–Kier alpha value is -2.78. The number of nitrogens with zero attached hydrogens (tertiary/aromatic N) is 1. The van der Waals surface area contributed by atoms with Crippen LogP contribution < -0.4 is 20.1 Å². The van der Waals surface area contributed by atoms with Crippen molar-refractivity contribution in [3.63, 3.8) is 0 Å². The molecular weight excluding hydrogens is 406 g/mol. The molecule has 148 valence electrons. The van der Waals surface area contributed by atoms with Crippen LogP contribution in [0.1, 0.15) is 16.8 Å². The molecule has 1 aliphatic rings. The van der Waals surface area contributed by atoms with Crippen molar-refractivity contribution in [2.45, 2.75) is 12.5 Å². The maximum atomic E-state index is 12.7. The van der Waals surface area contributed by atoms with Gasteiger partial charge < -0.3 is 15.8 Å². The highest BCUT2D eigenvalue weighted by Gasteiger charge is 2.31. The second-order valence-electron chi connectivity index (χ2n) is 6.24. The average Bonchev–Trinajstić information content (AvgIpc) is 2.81. The summed E-state index contributed by atoms with van der Waals surface area (Å²) < 4.78 is 31.3. The highest BCUT2D eigenvalue weighted by molar-refractivity contribution is 7.92. The zero-order valence-corrected chi connectivity index (χ0v) is 16.5. The zero-order chi connectivity index (χ0) is 20.5. The Bertz CT molecular complexity index is 1040. The number of fused-ring (bicyclic) bond motifs is 1. The maximum Gasteiger partial charge on any atom is 0.265 e. The molecular formula is C18H18ClN3O5S. The summed E-state index contributed by atoms with van der Waals surface area (Å²) in [5.74, 6) is -0.985. The molecule has 3 rings (SSSR count). The van der Waals surface area contributed by atoms with Gasteiger partial charge in [0.05, 0.1) is 23.2 Å². The van der Waals surface area contributed by atoms with Crippen LogP contribution in [0.4, 0.5) is 11.4 Å². The van der Waals surface area contributed by atoms with Gasteiger partial charge in [-0.05, 0) is 30.3 Å². The van der Waals surface area contributed by atoms with Crippen LogP contribution in [0.25, 0.3) is 0 Å². The molecule has 28 heavy (non-hydrogen) atoms. The number of nitrogens with two attached hydrogens (primary N) is 1. The van der Waals surface area contributed by atoms with E-state index in [0.717, 1.165) is 10.6 Å². The van der Waals surface area contributed by atoms with Crippen LogP contribution in [0.2, 0.25) is 5.02 Å². The number of para-hydroxylation sites is 1. The van der Waals surface area contributed by atoms with Crippen molar-refractivity contribution in [3.8, 4) is 5.75 Å². The third-order valence-electron chi connectivity index (χ3n) is 4.20. The largest absolute Gasteiger partial charge is 0.478 e. The Morgan fingerprint density at radius 1 is 1.25 bits per heavy atom. The number of amides is 2. The van der Waals surface area contributed by atoms with E-state index in [-0.39, 0.29) is 35.7 Å². The van der Waals surface area contributed by atoms with Crippen LogP contribution >= 0.6 is 11.6 Å². The van der Waals surface area contributed by atoms with Crippen LogP contribution in [0.3, 0.4) is 0 Å². The van der Waals surface area contributed by atoms with E-state index in [1.807, 2.05) is 0 Å². The molecule has 0 saturated carbocycles. The first-order valence-electron chi connectivity index (χ1n) is 8.30. The summed E-state index contributed by atoms with van der Waals surface area (Å²) in [6, 6.07) is 10.9. The van der Waals surface area contributed by atoms with Crippen LogP contribution in [0.15, 0.2) is 42.5 Å². The molecule has 2 amide bonds. The molecule has 1 aliphatic heterocycles. The first kappa shape index (κ1) is 20.0. The van der Waals surface area contributed by atoms with E-state index in [4.69, 9.17) is 22.1 Å². The van der Waals surface area contributed by atoms with Gasteiger partial charge in [0.15, 0.2) is 6.10 Å². The minimum absolute atomic E-state index is 0.0295. The van der Waals surface area contributed by atoms with Gasteiger partial charge in [0, 0.05) is 18.0 Å².